The molecule has 106 valence electrons. The lowest BCUT2D eigenvalue weighted by Crippen LogP contribution is -2.39. The lowest BCUT2D eigenvalue weighted by molar-refractivity contribution is 0.0474. The van der Waals surface area contributed by atoms with Crippen molar-refractivity contribution < 1.29 is 4.74 Å². The molecule has 1 heterocycles. The van der Waals surface area contributed by atoms with Crippen LogP contribution in [-0.2, 0) is 4.74 Å². The molecule has 1 saturated heterocycles. The maximum absolute atomic E-state index is 5.96. The minimum atomic E-state index is 0.148. The summed E-state index contributed by atoms with van der Waals surface area (Å²) in [4.78, 5) is 0. The number of benzene rings is 1. The molecule has 0 bridgehead atoms. The maximum atomic E-state index is 5.96. The molecular formula is C16H26N2O. The van der Waals surface area contributed by atoms with Gasteiger partial charge in [0.1, 0.15) is 0 Å². The van der Waals surface area contributed by atoms with E-state index in [4.69, 9.17) is 10.6 Å². The van der Waals surface area contributed by atoms with Crippen molar-refractivity contribution in [3.05, 3.63) is 34.9 Å². The van der Waals surface area contributed by atoms with Crippen LogP contribution in [0.25, 0.3) is 0 Å². The fraction of sp³-hybridized carbons (Fsp3) is 0.625. The Morgan fingerprint density at radius 2 is 1.84 bits per heavy atom. The van der Waals surface area contributed by atoms with Crippen molar-refractivity contribution in [2.45, 2.75) is 52.9 Å². The fourth-order valence-corrected chi connectivity index (χ4v) is 3.39. The van der Waals surface area contributed by atoms with Gasteiger partial charge < -0.3 is 4.74 Å². The van der Waals surface area contributed by atoms with Crippen molar-refractivity contribution >= 4 is 0 Å². The third-order valence-electron chi connectivity index (χ3n) is 4.86. The van der Waals surface area contributed by atoms with E-state index in [0.29, 0.717) is 17.9 Å². The van der Waals surface area contributed by atoms with Gasteiger partial charge in [0.05, 0.1) is 18.2 Å². The minimum absolute atomic E-state index is 0.148. The Kier molecular flexibility index (Phi) is 4.29. The van der Waals surface area contributed by atoms with Crippen molar-refractivity contribution in [2.24, 2.45) is 17.7 Å². The summed E-state index contributed by atoms with van der Waals surface area (Å²) in [5.74, 6) is 6.77. The summed E-state index contributed by atoms with van der Waals surface area (Å²) in [6, 6.07) is 6.58. The number of hydrogen-bond donors (Lipinski definition) is 2. The van der Waals surface area contributed by atoms with Crippen LogP contribution >= 0.6 is 0 Å². The molecule has 0 aliphatic carbocycles. The molecule has 1 aliphatic rings. The van der Waals surface area contributed by atoms with Gasteiger partial charge in [-0.1, -0.05) is 25.1 Å². The number of rotatable bonds is 3. The topological polar surface area (TPSA) is 47.3 Å². The van der Waals surface area contributed by atoms with Crippen LogP contribution in [-0.4, -0.2) is 12.2 Å². The summed E-state index contributed by atoms with van der Waals surface area (Å²) < 4.78 is 5.96. The highest BCUT2D eigenvalue weighted by molar-refractivity contribution is 5.36. The average Bonchev–Trinajstić information content (AvgIpc) is 2.62. The monoisotopic (exact) mass is 262 g/mol. The second kappa shape index (κ2) is 5.61. The van der Waals surface area contributed by atoms with Gasteiger partial charge in [0.2, 0.25) is 0 Å². The number of nitrogens with one attached hydrogen (secondary N) is 1. The van der Waals surface area contributed by atoms with Gasteiger partial charge in [-0.25, -0.2) is 0 Å². The highest BCUT2D eigenvalue weighted by atomic mass is 16.5. The normalized spacial score (nSPS) is 32.5. The predicted molar refractivity (Wildman–Crippen MR) is 78.6 cm³/mol. The van der Waals surface area contributed by atoms with E-state index in [9.17, 15) is 0 Å². The molecule has 0 saturated carbocycles. The van der Waals surface area contributed by atoms with Gasteiger partial charge in [-0.05, 0) is 50.3 Å². The first-order valence-electron chi connectivity index (χ1n) is 7.15. The largest absolute Gasteiger partial charge is 0.375 e. The molecule has 0 spiro atoms. The molecule has 0 amide bonds. The van der Waals surface area contributed by atoms with Crippen LogP contribution in [0.15, 0.2) is 18.2 Å². The van der Waals surface area contributed by atoms with Crippen molar-refractivity contribution in [3.63, 3.8) is 0 Å². The molecule has 0 aromatic heterocycles. The lowest BCUT2D eigenvalue weighted by atomic mass is 9.79. The summed E-state index contributed by atoms with van der Waals surface area (Å²) in [5, 5.41) is 0. The number of ether oxygens (including phenoxy) is 1. The molecule has 0 radical (unpaired) electrons. The van der Waals surface area contributed by atoms with E-state index in [0.717, 1.165) is 0 Å². The van der Waals surface area contributed by atoms with E-state index in [2.05, 4.69) is 58.2 Å². The molecule has 5 atom stereocenters. The van der Waals surface area contributed by atoms with Crippen LogP contribution in [0.5, 0.6) is 0 Å². The smallest absolute Gasteiger partial charge is 0.0601 e. The molecule has 1 fully saturated rings. The van der Waals surface area contributed by atoms with E-state index in [1.165, 1.54) is 16.7 Å². The zero-order chi connectivity index (χ0) is 14.2. The Morgan fingerprint density at radius 1 is 1.16 bits per heavy atom. The number of hydrogen-bond acceptors (Lipinski definition) is 3. The highest BCUT2D eigenvalue weighted by Gasteiger charge is 2.42. The summed E-state index contributed by atoms with van der Waals surface area (Å²) in [6.07, 6.45) is 0.520. The summed E-state index contributed by atoms with van der Waals surface area (Å²) in [7, 11) is 0. The van der Waals surface area contributed by atoms with Crippen molar-refractivity contribution in [1.82, 2.24) is 5.43 Å². The van der Waals surface area contributed by atoms with Crippen molar-refractivity contribution in [1.29, 1.82) is 0 Å². The summed E-state index contributed by atoms with van der Waals surface area (Å²) >= 11 is 0. The Hall–Kier alpha value is -0.900. The predicted octanol–water partition coefficient (Wildman–Crippen LogP) is 2.87. The third kappa shape index (κ3) is 2.55. The summed E-state index contributed by atoms with van der Waals surface area (Å²) in [5.41, 5.74) is 6.96. The maximum Gasteiger partial charge on any atom is 0.0601 e. The Morgan fingerprint density at radius 3 is 2.37 bits per heavy atom. The third-order valence-corrected chi connectivity index (χ3v) is 4.86. The van der Waals surface area contributed by atoms with E-state index in [1.54, 1.807) is 0 Å². The van der Waals surface area contributed by atoms with Crippen LogP contribution in [0.3, 0.4) is 0 Å². The molecule has 2 rings (SSSR count). The zero-order valence-electron chi connectivity index (χ0n) is 12.6. The quantitative estimate of drug-likeness (QED) is 0.650. The molecule has 3 N–H and O–H groups in total. The van der Waals surface area contributed by atoms with Crippen molar-refractivity contribution in [2.75, 3.05) is 0 Å². The molecule has 5 unspecified atom stereocenters. The van der Waals surface area contributed by atoms with Gasteiger partial charge in [-0.3, -0.25) is 11.3 Å². The zero-order valence-corrected chi connectivity index (χ0v) is 12.6. The molecule has 1 aliphatic heterocycles. The SMILES string of the molecule is Cc1cccc(C(NN)C2C(C)OC(C)C2C)c1C. The first kappa shape index (κ1) is 14.5. The highest BCUT2D eigenvalue weighted by Crippen LogP contribution is 2.41. The molecule has 1 aromatic rings. The number of nitrogens with two attached hydrogens (primary N) is 1. The van der Waals surface area contributed by atoms with Gasteiger partial charge in [0.25, 0.3) is 0 Å². The van der Waals surface area contributed by atoms with Crippen LogP contribution < -0.4 is 11.3 Å². The molecule has 3 heteroatoms. The number of aryl methyl sites for hydroxylation is 1. The van der Waals surface area contributed by atoms with Crippen LogP contribution in [0.1, 0.15) is 43.5 Å². The van der Waals surface area contributed by atoms with Crippen LogP contribution in [0.2, 0.25) is 0 Å². The van der Waals surface area contributed by atoms with Crippen LogP contribution in [0.4, 0.5) is 0 Å². The average molecular weight is 262 g/mol. The van der Waals surface area contributed by atoms with E-state index in [-0.39, 0.29) is 12.1 Å². The lowest BCUT2D eigenvalue weighted by Gasteiger charge is -2.30. The van der Waals surface area contributed by atoms with E-state index < -0.39 is 0 Å². The molecule has 3 nitrogen and oxygen atoms in total. The Labute approximate surface area is 116 Å². The van der Waals surface area contributed by atoms with E-state index in [1.807, 2.05) is 0 Å². The minimum Gasteiger partial charge on any atom is -0.375 e. The van der Waals surface area contributed by atoms with Gasteiger partial charge in [0.15, 0.2) is 0 Å². The molecule has 1 aromatic carbocycles. The van der Waals surface area contributed by atoms with Crippen molar-refractivity contribution in [3.8, 4) is 0 Å². The van der Waals surface area contributed by atoms with Gasteiger partial charge in [0, 0.05) is 5.92 Å². The van der Waals surface area contributed by atoms with E-state index >= 15 is 0 Å². The first-order chi connectivity index (χ1) is 8.97. The van der Waals surface area contributed by atoms with Gasteiger partial charge >= 0.3 is 0 Å². The Balaban J connectivity index is 2.37. The Bertz CT molecular complexity index is 446. The second-order valence-electron chi connectivity index (χ2n) is 5.92. The standard InChI is InChI=1S/C16H26N2O/c1-9-7-6-8-14(10(9)2)16(18-17)15-11(3)12(4)19-13(15)5/h6-8,11-13,15-16,18H,17H2,1-5H3. The molecule has 19 heavy (non-hydrogen) atoms. The fourth-order valence-electron chi connectivity index (χ4n) is 3.39. The van der Waals surface area contributed by atoms with Gasteiger partial charge in [-0.2, -0.15) is 0 Å². The van der Waals surface area contributed by atoms with Crippen LogP contribution in [0, 0.1) is 25.7 Å². The van der Waals surface area contributed by atoms with Gasteiger partial charge in [-0.15, -0.1) is 0 Å². The second-order valence-corrected chi connectivity index (χ2v) is 5.92. The molecular weight excluding hydrogens is 236 g/mol. The first-order valence-corrected chi connectivity index (χ1v) is 7.15. The summed E-state index contributed by atoms with van der Waals surface area (Å²) in [6.45, 7) is 10.9. The number of hydrazine groups is 1.